The van der Waals surface area contributed by atoms with Gasteiger partial charge in [-0.1, -0.05) is 28.1 Å². The van der Waals surface area contributed by atoms with Gasteiger partial charge in [-0.3, -0.25) is 0 Å². The first kappa shape index (κ1) is 15.3. The maximum Gasteiger partial charge on any atom is 0.573 e. The minimum atomic E-state index is -4.64. The molecule has 0 radical (unpaired) electrons. The number of methoxy groups -OCH3 is 1. The second-order valence-corrected chi connectivity index (χ2v) is 5.08. The van der Waals surface area contributed by atoms with Crippen LogP contribution in [0, 0.1) is 0 Å². The number of hydrogen-bond donors (Lipinski definition) is 0. The lowest BCUT2D eigenvalue weighted by atomic mass is 10.1. The van der Waals surface area contributed by atoms with Crippen LogP contribution >= 0.6 is 15.9 Å². The molecule has 1 aromatic carbocycles. The number of rotatable bonds is 6. The van der Waals surface area contributed by atoms with Crippen molar-refractivity contribution in [2.24, 2.45) is 0 Å². The smallest absolute Gasteiger partial charge is 0.406 e. The van der Waals surface area contributed by atoms with Gasteiger partial charge in [0, 0.05) is 11.9 Å². The summed E-state index contributed by atoms with van der Waals surface area (Å²) in [6, 6.07) is 5.91. The van der Waals surface area contributed by atoms with E-state index in [1.807, 2.05) is 0 Å². The number of aryl methyl sites for hydroxylation is 1. The van der Waals surface area contributed by atoms with Crippen LogP contribution in [-0.2, 0) is 11.2 Å². The number of hydrogen-bond acceptors (Lipinski definition) is 2. The molecule has 0 aliphatic rings. The predicted molar refractivity (Wildman–Crippen MR) is 66.0 cm³/mol. The van der Waals surface area contributed by atoms with Crippen molar-refractivity contribution < 1.29 is 22.6 Å². The van der Waals surface area contributed by atoms with E-state index in [2.05, 4.69) is 20.7 Å². The monoisotopic (exact) mass is 326 g/mol. The first-order valence-corrected chi connectivity index (χ1v) is 6.30. The number of halogens is 4. The maximum atomic E-state index is 11.9. The first-order chi connectivity index (χ1) is 8.40. The molecule has 0 spiro atoms. The molecule has 0 saturated heterocycles. The molecule has 0 N–H and O–H groups in total. The highest BCUT2D eigenvalue weighted by molar-refractivity contribution is 9.09. The van der Waals surface area contributed by atoms with Gasteiger partial charge in [-0.2, -0.15) is 0 Å². The van der Waals surface area contributed by atoms with Crippen LogP contribution in [-0.4, -0.2) is 24.9 Å². The van der Waals surface area contributed by atoms with Crippen LogP contribution in [0.5, 0.6) is 5.75 Å². The Morgan fingerprint density at radius 3 is 2.33 bits per heavy atom. The summed E-state index contributed by atoms with van der Waals surface area (Å²) in [5.74, 6) is -0.196. The molecular weight excluding hydrogens is 313 g/mol. The van der Waals surface area contributed by atoms with E-state index in [9.17, 15) is 13.2 Å². The molecule has 0 amide bonds. The van der Waals surface area contributed by atoms with E-state index in [1.165, 1.54) is 12.1 Å². The van der Waals surface area contributed by atoms with Crippen molar-refractivity contribution in [2.75, 3.05) is 13.7 Å². The van der Waals surface area contributed by atoms with Crippen molar-refractivity contribution >= 4 is 15.9 Å². The highest BCUT2D eigenvalue weighted by atomic mass is 79.9. The van der Waals surface area contributed by atoms with Gasteiger partial charge in [0.05, 0.1) is 6.61 Å². The molecule has 1 aromatic rings. The topological polar surface area (TPSA) is 18.5 Å². The third-order valence-corrected chi connectivity index (χ3v) is 2.97. The molecule has 0 aliphatic heterocycles. The summed E-state index contributed by atoms with van der Waals surface area (Å²) in [4.78, 5) is 0.244. The molecule has 0 bridgehead atoms. The molecule has 0 saturated carbocycles. The summed E-state index contributed by atoms with van der Waals surface area (Å²) >= 11 is 3.45. The predicted octanol–water partition coefficient (Wildman–Crippen LogP) is 3.93. The van der Waals surface area contributed by atoms with Gasteiger partial charge >= 0.3 is 6.36 Å². The van der Waals surface area contributed by atoms with Gasteiger partial charge in [0.25, 0.3) is 0 Å². The average Bonchev–Trinajstić information content (AvgIpc) is 2.26. The van der Waals surface area contributed by atoms with E-state index in [-0.39, 0.29) is 10.6 Å². The zero-order valence-electron chi connectivity index (χ0n) is 9.84. The summed E-state index contributed by atoms with van der Waals surface area (Å²) in [6.07, 6.45) is -3.01. The zero-order chi connectivity index (χ0) is 13.6. The average molecular weight is 327 g/mol. The Kier molecular flexibility index (Phi) is 5.95. The molecule has 1 unspecified atom stereocenters. The molecule has 18 heavy (non-hydrogen) atoms. The molecule has 102 valence electrons. The van der Waals surface area contributed by atoms with Gasteiger partial charge in [0.1, 0.15) is 5.75 Å². The quantitative estimate of drug-likeness (QED) is 0.737. The van der Waals surface area contributed by atoms with Crippen LogP contribution in [0.1, 0.15) is 12.0 Å². The van der Waals surface area contributed by atoms with E-state index in [0.717, 1.165) is 18.4 Å². The van der Waals surface area contributed by atoms with E-state index in [1.54, 1.807) is 19.2 Å². The Morgan fingerprint density at radius 1 is 1.22 bits per heavy atom. The second kappa shape index (κ2) is 6.99. The molecule has 0 fully saturated rings. The fourth-order valence-corrected chi connectivity index (χ4v) is 1.94. The Bertz CT molecular complexity index is 351. The molecule has 2 nitrogen and oxygen atoms in total. The van der Waals surface area contributed by atoms with E-state index < -0.39 is 6.36 Å². The summed E-state index contributed by atoms with van der Waals surface area (Å²) in [7, 11) is 1.62. The van der Waals surface area contributed by atoms with Crippen molar-refractivity contribution in [3.8, 4) is 5.75 Å². The molecule has 0 aromatic heterocycles. The van der Waals surface area contributed by atoms with Crippen LogP contribution < -0.4 is 4.74 Å². The fourth-order valence-electron chi connectivity index (χ4n) is 1.45. The van der Waals surface area contributed by atoms with Crippen LogP contribution in [0.25, 0.3) is 0 Å². The van der Waals surface area contributed by atoms with Crippen LogP contribution in [0.3, 0.4) is 0 Å². The molecule has 0 aliphatic carbocycles. The fraction of sp³-hybridized carbons (Fsp3) is 0.500. The van der Waals surface area contributed by atoms with E-state index in [4.69, 9.17) is 4.74 Å². The Labute approximate surface area is 112 Å². The second-order valence-electron chi connectivity index (χ2n) is 3.78. The van der Waals surface area contributed by atoms with Crippen molar-refractivity contribution in [1.82, 2.24) is 0 Å². The molecule has 6 heteroatoms. The summed E-state index contributed by atoms with van der Waals surface area (Å²) in [6.45, 7) is 0.606. The van der Waals surface area contributed by atoms with Gasteiger partial charge in [-0.25, -0.2) is 0 Å². The Hall–Kier alpha value is -0.750. The van der Waals surface area contributed by atoms with Gasteiger partial charge in [0.15, 0.2) is 0 Å². The van der Waals surface area contributed by atoms with E-state index in [0.29, 0.717) is 6.61 Å². The van der Waals surface area contributed by atoms with Crippen LogP contribution in [0.4, 0.5) is 13.2 Å². The standard InChI is InChI=1S/C12H14BrF3O2/c1-17-8-10(13)5-2-9-3-6-11(7-4-9)18-12(14,15)16/h3-4,6-7,10H,2,5,8H2,1H3. The van der Waals surface area contributed by atoms with Crippen LogP contribution in [0.2, 0.25) is 0 Å². The zero-order valence-corrected chi connectivity index (χ0v) is 11.4. The summed E-state index contributed by atoms with van der Waals surface area (Å²) in [5, 5.41) is 0. The van der Waals surface area contributed by atoms with Crippen molar-refractivity contribution in [2.45, 2.75) is 24.0 Å². The molecule has 0 heterocycles. The summed E-state index contributed by atoms with van der Waals surface area (Å²) in [5.41, 5.74) is 0.963. The maximum absolute atomic E-state index is 11.9. The molecule has 1 rings (SSSR count). The summed E-state index contributed by atoms with van der Waals surface area (Å²) < 4.78 is 44.6. The number of ether oxygens (including phenoxy) is 2. The first-order valence-electron chi connectivity index (χ1n) is 5.38. The van der Waals surface area contributed by atoms with Gasteiger partial charge < -0.3 is 9.47 Å². The lowest BCUT2D eigenvalue weighted by molar-refractivity contribution is -0.274. The lowest BCUT2D eigenvalue weighted by Crippen LogP contribution is -2.17. The lowest BCUT2D eigenvalue weighted by Gasteiger charge is -2.10. The van der Waals surface area contributed by atoms with Crippen molar-refractivity contribution in [3.63, 3.8) is 0 Å². The minimum Gasteiger partial charge on any atom is -0.406 e. The van der Waals surface area contributed by atoms with Crippen LogP contribution in [0.15, 0.2) is 24.3 Å². The Morgan fingerprint density at radius 2 is 1.83 bits per heavy atom. The van der Waals surface area contributed by atoms with Crippen molar-refractivity contribution in [1.29, 1.82) is 0 Å². The van der Waals surface area contributed by atoms with Gasteiger partial charge in [-0.05, 0) is 30.5 Å². The van der Waals surface area contributed by atoms with Gasteiger partial charge in [-0.15, -0.1) is 13.2 Å². The third-order valence-electron chi connectivity index (χ3n) is 2.25. The minimum absolute atomic E-state index is 0.196. The van der Waals surface area contributed by atoms with Crippen molar-refractivity contribution in [3.05, 3.63) is 29.8 Å². The SMILES string of the molecule is COCC(Br)CCc1ccc(OC(F)(F)F)cc1. The molecule has 1 atom stereocenters. The largest absolute Gasteiger partial charge is 0.573 e. The normalized spacial score (nSPS) is 13.4. The number of benzene rings is 1. The number of alkyl halides is 4. The van der Waals surface area contributed by atoms with Gasteiger partial charge in [0.2, 0.25) is 0 Å². The van der Waals surface area contributed by atoms with E-state index >= 15 is 0 Å². The molecular formula is C12H14BrF3O2. The third kappa shape index (κ3) is 6.26. The highest BCUT2D eigenvalue weighted by Gasteiger charge is 2.30. The highest BCUT2D eigenvalue weighted by Crippen LogP contribution is 2.23. The Balaban J connectivity index is 2.45.